The average Bonchev–Trinajstić information content (AvgIpc) is 2.92. The van der Waals surface area contributed by atoms with Gasteiger partial charge in [0.15, 0.2) is 0 Å². The molecule has 0 bridgehead atoms. The number of aliphatic hydroxyl groups is 1. The molecule has 3 rings (SSSR count). The van der Waals surface area contributed by atoms with Gasteiger partial charge in [0.2, 0.25) is 0 Å². The summed E-state index contributed by atoms with van der Waals surface area (Å²) in [6, 6.07) is 3.74. The van der Waals surface area contributed by atoms with Crippen LogP contribution in [0.3, 0.4) is 0 Å². The van der Waals surface area contributed by atoms with E-state index in [1.54, 1.807) is 6.20 Å². The van der Waals surface area contributed by atoms with E-state index >= 15 is 0 Å². The van der Waals surface area contributed by atoms with Crippen molar-refractivity contribution in [1.29, 1.82) is 5.41 Å². The largest absolute Gasteiger partial charge is 0.393 e. The van der Waals surface area contributed by atoms with Crippen LogP contribution in [0.25, 0.3) is 0 Å². The van der Waals surface area contributed by atoms with Crippen molar-refractivity contribution in [2.75, 3.05) is 18.0 Å². The molecule has 1 saturated heterocycles. The van der Waals surface area contributed by atoms with E-state index in [1.807, 2.05) is 12.1 Å². The van der Waals surface area contributed by atoms with E-state index in [9.17, 15) is 5.11 Å². The lowest BCUT2D eigenvalue weighted by molar-refractivity contribution is 0.133. The number of aliphatic hydroxyl groups excluding tert-OH is 1. The minimum atomic E-state index is -0.142. The third-order valence-corrected chi connectivity index (χ3v) is 4.20. The summed E-state index contributed by atoms with van der Waals surface area (Å²) < 4.78 is 0. The molecule has 3 unspecified atom stereocenters. The fourth-order valence-electron chi connectivity index (χ4n) is 3.16. The highest BCUT2D eigenvalue weighted by molar-refractivity contribution is 5.94. The van der Waals surface area contributed by atoms with Gasteiger partial charge in [0.05, 0.1) is 6.10 Å². The molecule has 0 aromatic carbocycles. The van der Waals surface area contributed by atoms with Crippen LogP contribution in [0, 0.1) is 17.2 Å². The van der Waals surface area contributed by atoms with Gasteiger partial charge in [0.1, 0.15) is 11.7 Å². The molecule has 5 heteroatoms. The second kappa shape index (κ2) is 4.24. The van der Waals surface area contributed by atoms with Crippen LogP contribution >= 0.6 is 0 Å². The number of nitrogens with zero attached hydrogens (tertiary/aromatic N) is 2. The van der Waals surface area contributed by atoms with Gasteiger partial charge in [0.25, 0.3) is 0 Å². The van der Waals surface area contributed by atoms with E-state index in [4.69, 9.17) is 11.1 Å². The topological polar surface area (TPSA) is 86.2 Å². The molecule has 18 heavy (non-hydrogen) atoms. The maximum absolute atomic E-state index is 9.89. The number of fused-ring (bicyclic) bond motifs is 1. The molecular weight excluding hydrogens is 228 g/mol. The Balaban J connectivity index is 1.75. The molecule has 1 saturated carbocycles. The molecule has 0 amide bonds. The van der Waals surface area contributed by atoms with Crippen LogP contribution in [0.5, 0.6) is 0 Å². The van der Waals surface area contributed by atoms with Gasteiger partial charge in [-0.25, -0.2) is 4.98 Å². The first-order valence-corrected chi connectivity index (χ1v) is 6.38. The maximum atomic E-state index is 9.89. The normalized spacial score (nSPS) is 30.5. The molecular formula is C13H18N4O. The smallest absolute Gasteiger partial charge is 0.128 e. The quantitative estimate of drug-likeness (QED) is 0.526. The summed E-state index contributed by atoms with van der Waals surface area (Å²) in [6.45, 7) is 1.87. The van der Waals surface area contributed by atoms with Crippen molar-refractivity contribution < 1.29 is 5.11 Å². The zero-order valence-corrected chi connectivity index (χ0v) is 10.2. The van der Waals surface area contributed by atoms with Crippen LogP contribution < -0.4 is 10.6 Å². The standard InChI is InChI=1S/C13H18N4O/c14-13(15)8-2-4-12(16-5-8)17-6-9-1-3-11(18)10(9)7-17/h2,4-5,9-11,18H,1,3,6-7H2,(H3,14,15). The lowest BCUT2D eigenvalue weighted by Gasteiger charge is -2.19. The number of amidine groups is 1. The molecule has 2 heterocycles. The summed E-state index contributed by atoms with van der Waals surface area (Å²) in [6.07, 6.45) is 3.56. The first-order valence-electron chi connectivity index (χ1n) is 6.38. The minimum absolute atomic E-state index is 0.0442. The number of anilines is 1. The zero-order chi connectivity index (χ0) is 12.7. The molecule has 1 aromatic rings. The van der Waals surface area contributed by atoms with Gasteiger partial charge in [-0.1, -0.05) is 0 Å². The molecule has 1 aliphatic carbocycles. The predicted octanol–water partition coefficient (Wildman–Crippen LogP) is 0.573. The number of aromatic nitrogens is 1. The highest BCUT2D eigenvalue weighted by Crippen LogP contribution is 2.39. The Hall–Kier alpha value is -1.62. The van der Waals surface area contributed by atoms with E-state index < -0.39 is 0 Å². The molecule has 4 N–H and O–H groups in total. The summed E-state index contributed by atoms with van der Waals surface area (Å²) in [5.41, 5.74) is 6.06. The molecule has 96 valence electrons. The Bertz CT molecular complexity index is 459. The van der Waals surface area contributed by atoms with Crippen LogP contribution in [0.4, 0.5) is 5.82 Å². The van der Waals surface area contributed by atoms with E-state index in [0.717, 1.165) is 31.7 Å². The maximum Gasteiger partial charge on any atom is 0.128 e. The van der Waals surface area contributed by atoms with Crippen molar-refractivity contribution in [3.63, 3.8) is 0 Å². The van der Waals surface area contributed by atoms with Crippen molar-refractivity contribution in [2.24, 2.45) is 17.6 Å². The van der Waals surface area contributed by atoms with Crippen LogP contribution in [0.1, 0.15) is 18.4 Å². The van der Waals surface area contributed by atoms with E-state index in [-0.39, 0.29) is 11.9 Å². The molecule has 3 atom stereocenters. The van der Waals surface area contributed by atoms with Gasteiger partial charge < -0.3 is 15.7 Å². The van der Waals surface area contributed by atoms with Crippen molar-refractivity contribution in [2.45, 2.75) is 18.9 Å². The Labute approximate surface area is 106 Å². The third-order valence-electron chi connectivity index (χ3n) is 4.20. The van der Waals surface area contributed by atoms with Gasteiger partial charge in [0, 0.05) is 30.8 Å². The number of hydrogen-bond acceptors (Lipinski definition) is 4. The van der Waals surface area contributed by atoms with Crippen molar-refractivity contribution in [3.8, 4) is 0 Å². The van der Waals surface area contributed by atoms with Crippen LogP contribution in [-0.4, -0.2) is 35.1 Å². The summed E-state index contributed by atoms with van der Waals surface area (Å²) >= 11 is 0. The Morgan fingerprint density at radius 2 is 2.22 bits per heavy atom. The first kappa shape index (κ1) is 11.5. The monoisotopic (exact) mass is 246 g/mol. The first-order chi connectivity index (χ1) is 8.65. The van der Waals surface area contributed by atoms with Gasteiger partial charge in [-0.3, -0.25) is 5.41 Å². The second-order valence-corrected chi connectivity index (χ2v) is 5.29. The second-order valence-electron chi connectivity index (χ2n) is 5.29. The molecule has 2 aliphatic rings. The third kappa shape index (κ3) is 1.84. The van der Waals surface area contributed by atoms with Crippen LogP contribution in [0.2, 0.25) is 0 Å². The van der Waals surface area contributed by atoms with E-state index in [2.05, 4.69) is 9.88 Å². The fourth-order valence-corrected chi connectivity index (χ4v) is 3.16. The van der Waals surface area contributed by atoms with E-state index in [1.165, 1.54) is 0 Å². The number of nitrogen functional groups attached to an aromatic ring is 1. The molecule has 0 spiro atoms. The van der Waals surface area contributed by atoms with Gasteiger partial charge in [-0.15, -0.1) is 0 Å². The van der Waals surface area contributed by atoms with Gasteiger partial charge >= 0.3 is 0 Å². The Morgan fingerprint density at radius 1 is 1.39 bits per heavy atom. The number of rotatable bonds is 2. The zero-order valence-electron chi connectivity index (χ0n) is 10.2. The van der Waals surface area contributed by atoms with Crippen LogP contribution in [-0.2, 0) is 0 Å². The number of hydrogen-bond donors (Lipinski definition) is 3. The number of nitrogens with one attached hydrogen (secondary N) is 1. The molecule has 1 aromatic heterocycles. The fraction of sp³-hybridized carbons (Fsp3) is 0.538. The van der Waals surface area contributed by atoms with E-state index in [0.29, 0.717) is 17.4 Å². The Kier molecular flexibility index (Phi) is 2.70. The highest BCUT2D eigenvalue weighted by Gasteiger charge is 2.42. The SMILES string of the molecule is N=C(N)c1ccc(N2CC3CCC(O)C3C2)nc1. The predicted molar refractivity (Wildman–Crippen MR) is 69.7 cm³/mol. The lowest BCUT2D eigenvalue weighted by atomic mass is 10.00. The number of nitrogens with two attached hydrogens (primary N) is 1. The van der Waals surface area contributed by atoms with Crippen molar-refractivity contribution in [1.82, 2.24) is 4.98 Å². The number of pyridine rings is 1. The average molecular weight is 246 g/mol. The highest BCUT2D eigenvalue weighted by atomic mass is 16.3. The van der Waals surface area contributed by atoms with Crippen LogP contribution in [0.15, 0.2) is 18.3 Å². The van der Waals surface area contributed by atoms with Crippen molar-refractivity contribution >= 4 is 11.7 Å². The Morgan fingerprint density at radius 3 is 2.83 bits per heavy atom. The van der Waals surface area contributed by atoms with Crippen molar-refractivity contribution in [3.05, 3.63) is 23.9 Å². The van der Waals surface area contributed by atoms with Gasteiger partial charge in [-0.05, 0) is 30.9 Å². The summed E-state index contributed by atoms with van der Waals surface area (Å²) in [5, 5.41) is 17.2. The minimum Gasteiger partial charge on any atom is -0.393 e. The van der Waals surface area contributed by atoms with Gasteiger partial charge in [-0.2, -0.15) is 0 Å². The summed E-state index contributed by atoms with van der Waals surface area (Å²) in [5.74, 6) is 1.97. The summed E-state index contributed by atoms with van der Waals surface area (Å²) in [4.78, 5) is 6.58. The molecule has 1 aliphatic heterocycles. The lowest BCUT2D eigenvalue weighted by Crippen LogP contribution is -2.25. The summed E-state index contributed by atoms with van der Waals surface area (Å²) in [7, 11) is 0. The molecule has 5 nitrogen and oxygen atoms in total. The molecule has 0 radical (unpaired) electrons. The molecule has 2 fully saturated rings.